The molecule has 0 aliphatic heterocycles. The Morgan fingerprint density at radius 2 is 2.17 bits per heavy atom. The number of carboxylic acids is 1. The number of hydrogen-bond acceptors (Lipinski definition) is 3. The molecule has 7 heteroatoms. The molecule has 1 aromatic heterocycles. The summed E-state index contributed by atoms with van der Waals surface area (Å²) in [6, 6.07) is 3.80. The van der Waals surface area contributed by atoms with E-state index in [0.717, 1.165) is 6.07 Å². The second-order valence-electron chi connectivity index (χ2n) is 3.60. The molecule has 5 nitrogen and oxygen atoms in total. The van der Waals surface area contributed by atoms with E-state index in [1.807, 2.05) is 0 Å². The molecular formula is C11H8BrFN2O3. The minimum atomic E-state index is -1.19. The molecule has 0 radical (unpaired) electrons. The molecule has 1 heterocycles. The van der Waals surface area contributed by atoms with Crippen molar-refractivity contribution in [3.63, 3.8) is 0 Å². The van der Waals surface area contributed by atoms with Crippen LogP contribution in [0, 0.1) is 5.82 Å². The van der Waals surface area contributed by atoms with Crippen molar-refractivity contribution in [3.05, 3.63) is 34.2 Å². The molecule has 18 heavy (non-hydrogen) atoms. The lowest BCUT2D eigenvalue weighted by Gasteiger charge is -2.07. The zero-order chi connectivity index (χ0) is 13.4. The number of phenols is 1. The number of aromatic carboxylic acids is 1. The quantitative estimate of drug-likeness (QED) is 0.892. The predicted octanol–water partition coefficient (Wildman–Crippen LogP) is 2.39. The van der Waals surface area contributed by atoms with Crippen LogP contribution in [0.25, 0.3) is 11.3 Å². The van der Waals surface area contributed by atoms with Crippen LogP contribution in [0.3, 0.4) is 0 Å². The van der Waals surface area contributed by atoms with E-state index < -0.39 is 17.5 Å². The first-order valence-electron chi connectivity index (χ1n) is 4.86. The largest absolute Gasteiger partial charge is 0.504 e. The first-order valence-corrected chi connectivity index (χ1v) is 5.65. The molecule has 1 aromatic carbocycles. The summed E-state index contributed by atoms with van der Waals surface area (Å²) < 4.78 is 15.0. The third-order valence-electron chi connectivity index (χ3n) is 2.43. The van der Waals surface area contributed by atoms with Gasteiger partial charge in [0.05, 0.1) is 11.3 Å². The highest BCUT2D eigenvalue weighted by Gasteiger charge is 2.19. The van der Waals surface area contributed by atoms with E-state index in [9.17, 15) is 14.3 Å². The number of nitrogens with zero attached hydrogens (tertiary/aromatic N) is 2. The monoisotopic (exact) mass is 314 g/mol. The lowest BCUT2D eigenvalue weighted by molar-refractivity contribution is 0.0689. The van der Waals surface area contributed by atoms with Crippen molar-refractivity contribution in [1.82, 2.24) is 9.78 Å². The zero-order valence-electron chi connectivity index (χ0n) is 9.19. The molecule has 0 bridgehead atoms. The maximum Gasteiger partial charge on any atom is 0.356 e. The highest BCUT2D eigenvalue weighted by atomic mass is 79.9. The highest BCUT2D eigenvalue weighted by Crippen LogP contribution is 2.37. The third kappa shape index (κ3) is 1.97. The molecule has 0 aliphatic rings. The van der Waals surface area contributed by atoms with E-state index in [1.165, 1.54) is 23.9 Å². The fourth-order valence-electron chi connectivity index (χ4n) is 1.59. The number of aromatic nitrogens is 2. The molecule has 0 unspecified atom stereocenters. The highest BCUT2D eigenvalue weighted by molar-refractivity contribution is 9.10. The normalized spacial score (nSPS) is 10.6. The molecule has 0 spiro atoms. The van der Waals surface area contributed by atoms with Gasteiger partial charge in [-0.25, -0.2) is 9.18 Å². The van der Waals surface area contributed by atoms with Gasteiger partial charge in [0, 0.05) is 11.5 Å². The summed E-state index contributed by atoms with van der Waals surface area (Å²) >= 11 is 3.18. The van der Waals surface area contributed by atoms with Crippen LogP contribution in [0.5, 0.6) is 5.75 Å². The Morgan fingerprint density at radius 3 is 2.72 bits per heavy atom. The third-order valence-corrected chi connectivity index (χ3v) is 3.09. The minimum Gasteiger partial charge on any atom is -0.504 e. The average Bonchev–Trinajstić information content (AvgIpc) is 2.67. The minimum absolute atomic E-state index is 0.164. The van der Waals surface area contributed by atoms with E-state index in [2.05, 4.69) is 21.0 Å². The summed E-state index contributed by atoms with van der Waals surface area (Å²) in [6.07, 6.45) is 0. The molecule has 0 saturated heterocycles. The number of benzene rings is 1. The van der Waals surface area contributed by atoms with Gasteiger partial charge in [-0.15, -0.1) is 0 Å². The van der Waals surface area contributed by atoms with Crippen LogP contribution >= 0.6 is 15.9 Å². The number of aryl methyl sites for hydroxylation is 1. The molecular weight excluding hydrogens is 307 g/mol. The Labute approximate surface area is 110 Å². The molecule has 2 N–H and O–H groups in total. The standard InChI is InChI=1S/C11H8BrFN2O3/c1-15-8(4-7(14-15)11(17)18)9-5(12)2-3-6(13)10(9)16/h2-4,16H,1H3,(H,17,18). The van der Waals surface area contributed by atoms with Crippen molar-refractivity contribution in [2.75, 3.05) is 0 Å². The number of halogens is 2. The number of hydrogen-bond donors (Lipinski definition) is 2. The smallest absolute Gasteiger partial charge is 0.356 e. The van der Waals surface area contributed by atoms with Crippen LogP contribution in [0.15, 0.2) is 22.7 Å². The maximum atomic E-state index is 13.3. The SMILES string of the molecule is Cn1nc(C(=O)O)cc1-c1c(Br)ccc(F)c1O. The van der Waals surface area contributed by atoms with Gasteiger partial charge in [-0.1, -0.05) is 0 Å². The first-order chi connectivity index (χ1) is 8.41. The van der Waals surface area contributed by atoms with Gasteiger partial charge in [0.15, 0.2) is 17.3 Å². The Bertz CT molecular complexity index is 639. The van der Waals surface area contributed by atoms with E-state index in [0.29, 0.717) is 10.2 Å². The van der Waals surface area contributed by atoms with Gasteiger partial charge in [-0.3, -0.25) is 4.68 Å². The fourth-order valence-corrected chi connectivity index (χ4v) is 2.11. The van der Waals surface area contributed by atoms with Crippen molar-refractivity contribution < 1.29 is 19.4 Å². The lowest BCUT2D eigenvalue weighted by Crippen LogP contribution is -1.99. The molecule has 2 aromatic rings. The number of aromatic hydroxyl groups is 1. The van der Waals surface area contributed by atoms with Crippen molar-refractivity contribution in [2.45, 2.75) is 0 Å². The summed E-state index contributed by atoms with van der Waals surface area (Å²) in [5.41, 5.74) is 0.289. The lowest BCUT2D eigenvalue weighted by atomic mass is 10.1. The van der Waals surface area contributed by atoms with Crippen LogP contribution in [-0.2, 0) is 7.05 Å². The summed E-state index contributed by atoms with van der Waals surface area (Å²) in [4.78, 5) is 10.8. The van der Waals surface area contributed by atoms with Crippen LogP contribution in [0.4, 0.5) is 4.39 Å². The summed E-state index contributed by atoms with van der Waals surface area (Å²) in [5.74, 6) is -2.53. The fraction of sp³-hybridized carbons (Fsp3) is 0.0909. The van der Waals surface area contributed by atoms with Gasteiger partial charge in [0.1, 0.15) is 0 Å². The van der Waals surface area contributed by atoms with Gasteiger partial charge in [-0.2, -0.15) is 5.10 Å². The van der Waals surface area contributed by atoms with Gasteiger partial charge in [-0.05, 0) is 34.1 Å². The number of phenolic OH excluding ortho intramolecular Hbond substituents is 1. The second-order valence-corrected chi connectivity index (χ2v) is 4.45. The first kappa shape index (κ1) is 12.6. The summed E-state index contributed by atoms with van der Waals surface area (Å²) in [5, 5.41) is 22.3. The van der Waals surface area contributed by atoms with Crippen molar-refractivity contribution in [3.8, 4) is 17.0 Å². The summed E-state index contributed by atoms with van der Waals surface area (Å²) in [6.45, 7) is 0. The Balaban J connectivity index is 2.69. The molecule has 0 amide bonds. The number of carbonyl (C=O) groups is 1. The second kappa shape index (κ2) is 4.41. The summed E-state index contributed by atoms with van der Waals surface area (Å²) in [7, 11) is 1.51. The topological polar surface area (TPSA) is 75.4 Å². The van der Waals surface area contributed by atoms with Gasteiger partial charge >= 0.3 is 5.97 Å². The Hall–Kier alpha value is -1.89. The van der Waals surface area contributed by atoms with Gasteiger partial charge < -0.3 is 10.2 Å². The molecule has 0 saturated carbocycles. The zero-order valence-corrected chi connectivity index (χ0v) is 10.8. The van der Waals surface area contributed by atoms with Crippen LogP contribution in [0.1, 0.15) is 10.5 Å². The molecule has 0 aliphatic carbocycles. The van der Waals surface area contributed by atoms with Crippen LogP contribution < -0.4 is 0 Å². The van der Waals surface area contributed by atoms with Crippen LogP contribution in [-0.4, -0.2) is 26.0 Å². The maximum absolute atomic E-state index is 13.3. The van der Waals surface area contributed by atoms with E-state index >= 15 is 0 Å². The predicted molar refractivity (Wildman–Crippen MR) is 64.9 cm³/mol. The number of rotatable bonds is 2. The Morgan fingerprint density at radius 1 is 1.50 bits per heavy atom. The van der Waals surface area contributed by atoms with Gasteiger partial charge in [0.2, 0.25) is 0 Å². The molecule has 2 rings (SSSR count). The molecule has 94 valence electrons. The van der Waals surface area contributed by atoms with E-state index in [1.54, 1.807) is 0 Å². The van der Waals surface area contributed by atoms with Crippen LogP contribution in [0.2, 0.25) is 0 Å². The average molecular weight is 315 g/mol. The van der Waals surface area contributed by atoms with E-state index in [-0.39, 0.29) is 11.3 Å². The van der Waals surface area contributed by atoms with Crippen molar-refractivity contribution in [1.29, 1.82) is 0 Å². The van der Waals surface area contributed by atoms with Crippen molar-refractivity contribution in [2.24, 2.45) is 7.05 Å². The Kier molecular flexibility index (Phi) is 3.08. The molecule has 0 fully saturated rings. The molecule has 0 atom stereocenters. The van der Waals surface area contributed by atoms with E-state index in [4.69, 9.17) is 5.11 Å². The van der Waals surface area contributed by atoms with Crippen molar-refractivity contribution >= 4 is 21.9 Å². The number of carboxylic acid groups (broad SMARTS) is 1. The van der Waals surface area contributed by atoms with Gasteiger partial charge in [0.25, 0.3) is 0 Å².